The van der Waals surface area contributed by atoms with Gasteiger partial charge in [0, 0.05) is 24.1 Å². The molecule has 42 heavy (non-hydrogen) atoms. The number of nitrogens with zero attached hydrogens (tertiary/aromatic N) is 6. The highest BCUT2D eigenvalue weighted by molar-refractivity contribution is 8.11. The molecular formula is C26H28N8O6S2. The number of ether oxygens (including phenoxy) is 1. The Morgan fingerprint density at radius 1 is 1.21 bits per heavy atom. The fourth-order valence-electron chi connectivity index (χ4n) is 4.54. The summed E-state index contributed by atoms with van der Waals surface area (Å²) in [6.07, 6.45) is 2.60. The van der Waals surface area contributed by atoms with Crippen LogP contribution in [0.3, 0.4) is 0 Å². The van der Waals surface area contributed by atoms with Crippen LogP contribution < -0.4 is 15.7 Å². The van der Waals surface area contributed by atoms with Gasteiger partial charge in [0.1, 0.15) is 10.8 Å². The van der Waals surface area contributed by atoms with Crippen molar-refractivity contribution >= 4 is 51.5 Å². The Labute approximate surface area is 247 Å². The molecule has 3 aromatic rings. The molecule has 0 saturated carbocycles. The van der Waals surface area contributed by atoms with Crippen LogP contribution in [0, 0.1) is 0 Å². The summed E-state index contributed by atoms with van der Waals surface area (Å²) in [5.41, 5.74) is 1.85. The second kappa shape index (κ2) is 13.2. The molecule has 5 rings (SSSR count). The van der Waals surface area contributed by atoms with Gasteiger partial charge < -0.3 is 25.3 Å². The van der Waals surface area contributed by atoms with Gasteiger partial charge in [-0.3, -0.25) is 14.5 Å². The zero-order chi connectivity index (χ0) is 29.6. The first-order valence-corrected chi connectivity index (χ1v) is 15.7. The Kier molecular flexibility index (Phi) is 9.22. The van der Waals surface area contributed by atoms with Crippen molar-refractivity contribution in [3.05, 3.63) is 59.8 Å². The maximum atomic E-state index is 13.4. The van der Waals surface area contributed by atoms with E-state index in [1.165, 1.54) is 21.3 Å². The molecule has 0 spiro atoms. The van der Waals surface area contributed by atoms with Crippen molar-refractivity contribution in [2.75, 3.05) is 24.7 Å². The summed E-state index contributed by atoms with van der Waals surface area (Å²) in [5, 5.41) is 31.5. The SMILES string of the molecule is CCCCOC(=O)NCC(C(=O)NC1C(=O)N2C=C(CSc3ccc4nnnn4n3)C[S+](C(=O)[O-])[C@H]12)c1ccccc1. The van der Waals surface area contributed by atoms with Crippen molar-refractivity contribution in [1.82, 2.24) is 40.8 Å². The third kappa shape index (κ3) is 6.49. The number of carbonyl (C=O) groups excluding carboxylic acids is 4. The average molecular weight is 613 g/mol. The van der Waals surface area contributed by atoms with Crippen molar-refractivity contribution in [2.24, 2.45) is 0 Å². The van der Waals surface area contributed by atoms with E-state index in [2.05, 4.69) is 31.3 Å². The molecule has 4 heterocycles. The highest BCUT2D eigenvalue weighted by atomic mass is 32.2. The smallest absolute Gasteiger partial charge is 0.407 e. The van der Waals surface area contributed by atoms with Crippen LogP contribution in [0.4, 0.5) is 9.59 Å². The van der Waals surface area contributed by atoms with Crippen molar-refractivity contribution in [1.29, 1.82) is 0 Å². The monoisotopic (exact) mass is 612 g/mol. The molecule has 1 saturated heterocycles. The van der Waals surface area contributed by atoms with Gasteiger partial charge in [0.25, 0.3) is 11.2 Å². The number of amides is 3. The molecule has 14 nitrogen and oxygen atoms in total. The number of nitrogens with one attached hydrogen (secondary N) is 2. The fourth-order valence-corrected chi connectivity index (χ4v) is 7.49. The zero-order valence-electron chi connectivity index (χ0n) is 22.5. The molecule has 2 aliphatic heterocycles. The largest absolute Gasteiger partial charge is 0.504 e. The number of hydrogen-bond acceptors (Lipinski definition) is 11. The molecule has 3 amide bonds. The second-order valence-electron chi connectivity index (χ2n) is 9.55. The van der Waals surface area contributed by atoms with Crippen LogP contribution in [0.1, 0.15) is 31.2 Å². The number of carbonyl (C=O) groups is 4. The molecule has 1 fully saturated rings. The summed E-state index contributed by atoms with van der Waals surface area (Å²) >= 11 is 1.36. The van der Waals surface area contributed by atoms with Crippen molar-refractivity contribution in [3.63, 3.8) is 0 Å². The Morgan fingerprint density at radius 2 is 2.02 bits per heavy atom. The number of carboxylic acid groups (broad SMARTS) is 1. The Morgan fingerprint density at radius 3 is 2.79 bits per heavy atom. The lowest BCUT2D eigenvalue weighted by Crippen LogP contribution is -2.74. The summed E-state index contributed by atoms with van der Waals surface area (Å²) < 4.78 is 6.42. The molecule has 0 bridgehead atoms. The molecule has 1 aromatic carbocycles. The minimum atomic E-state index is -1.36. The number of aromatic nitrogens is 5. The summed E-state index contributed by atoms with van der Waals surface area (Å²) in [7, 11) is -1.36. The van der Waals surface area contributed by atoms with E-state index >= 15 is 0 Å². The van der Waals surface area contributed by atoms with Crippen LogP contribution in [-0.4, -0.2) is 89.4 Å². The van der Waals surface area contributed by atoms with Gasteiger partial charge in [-0.15, -0.1) is 14.8 Å². The summed E-state index contributed by atoms with van der Waals surface area (Å²) in [5.74, 6) is -1.18. The standard InChI is InChI=1S/C26H28N8O6S2/c1-2-3-11-40-25(37)27-12-18(17-7-5-4-6-8-17)22(35)28-21-23(36)33-13-16(15-42(24(21)33)26(38)39)14-41-20-10-9-19-29-31-32-34(19)30-20/h4-10,13,18,21,24H,2-3,11-12,14-15H2,1H3,(H2-,27,28,35,37,38,39)/t18?,21?,24-,42?/m1/s1. The van der Waals surface area contributed by atoms with Crippen LogP contribution in [0.15, 0.2) is 59.3 Å². The normalized spacial score (nSPS) is 20.2. The van der Waals surface area contributed by atoms with Crippen LogP contribution in [0.5, 0.6) is 0 Å². The van der Waals surface area contributed by atoms with E-state index < -0.39 is 51.4 Å². The van der Waals surface area contributed by atoms with Crippen molar-refractivity contribution < 1.29 is 29.0 Å². The van der Waals surface area contributed by atoms with Crippen LogP contribution in [0.2, 0.25) is 0 Å². The summed E-state index contributed by atoms with van der Waals surface area (Å²) in [4.78, 5) is 52.2. The molecule has 2 aliphatic rings. The van der Waals surface area contributed by atoms with Gasteiger partial charge in [-0.05, 0) is 34.5 Å². The van der Waals surface area contributed by atoms with Gasteiger partial charge in [-0.2, -0.15) is 0 Å². The van der Waals surface area contributed by atoms with E-state index in [-0.39, 0.29) is 18.9 Å². The third-order valence-corrected chi connectivity index (χ3v) is 9.92. The maximum Gasteiger partial charge on any atom is 0.407 e. The zero-order valence-corrected chi connectivity index (χ0v) is 24.2. The van der Waals surface area contributed by atoms with E-state index in [1.54, 1.807) is 48.7 Å². The van der Waals surface area contributed by atoms with Gasteiger partial charge in [-0.1, -0.05) is 55.4 Å². The minimum absolute atomic E-state index is 0.0615. The number of hydrogen-bond donors (Lipinski definition) is 2. The third-order valence-electron chi connectivity index (χ3n) is 6.70. The number of benzene rings is 1. The summed E-state index contributed by atoms with van der Waals surface area (Å²) in [6.45, 7) is 2.18. The minimum Gasteiger partial charge on any atom is -0.504 e. The first-order valence-electron chi connectivity index (χ1n) is 13.2. The number of tetrazole rings is 1. The van der Waals surface area contributed by atoms with E-state index in [4.69, 9.17) is 4.74 Å². The molecule has 0 aliphatic carbocycles. The molecule has 2 aromatic heterocycles. The molecule has 4 atom stereocenters. The van der Waals surface area contributed by atoms with Crippen molar-refractivity contribution in [2.45, 2.75) is 42.1 Å². The lowest BCUT2D eigenvalue weighted by atomic mass is 9.96. The number of thioether (sulfide) groups is 1. The Balaban J connectivity index is 1.25. The highest BCUT2D eigenvalue weighted by Gasteiger charge is 2.60. The first kappa shape index (κ1) is 29.3. The van der Waals surface area contributed by atoms with Gasteiger partial charge in [0.15, 0.2) is 11.7 Å². The maximum absolute atomic E-state index is 13.4. The average Bonchev–Trinajstić information content (AvgIpc) is 3.47. The predicted molar refractivity (Wildman–Crippen MR) is 151 cm³/mol. The molecule has 2 N–H and O–H groups in total. The number of rotatable bonds is 11. The highest BCUT2D eigenvalue weighted by Crippen LogP contribution is 2.35. The van der Waals surface area contributed by atoms with Gasteiger partial charge in [0.2, 0.25) is 11.3 Å². The number of unbranched alkanes of at least 4 members (excludes halogenated alkanes) is 1. The molecule has 220 valence electrons. The Bertz CT molecular complexity index is 1500. The second-order valence-corrected chi connectivity index (χ2v) is 12.5. The van der Waals surface area contributed by atoms with Gasteiger partial charge >= 0.3 is 6.09 Å². The van der Waals surface area contributed by atoms with Crippen molar-refractivity contribution in [3.8, 4) is 0 Å². The van der Waals surface area contributed by atoms with Crippen LogP contribution in [0.25, 0.3) is 5.65 Å². The lowest BCUT2D eigenvalue weighted by Gasteiger charge is -2.45. The fraction of sp³-hybridized carbons (Fsp3) is 0.385. The molecule has 0 radical (unpaired) electrons. The number of alkyl carbamates (subject to hydrolysis) is 1. The molecular weight excluding hydrogens is 584 g/mol. The van der Waals surface area contributed by atoms with Gasteiger partial charge in [-0.25, -0.2) is 4.79 Å². The van der Waals surface area contributed by atoms with E-state index in [0.29, 0.717) is 22.0 Å². The van der Waals surface area contributed by atoms with E-state index in [0.717, 1.165) is 18.4 Å². The van der Waals surface area contributed by atoms with Crippen LogP contribution >= 0.6 is 11.8 Å². The topological polar surface area (TPSA) is 184 Å². The van der Waals surface area contributed by atoms with E-state index in [9.17, 15) is 24.3 Å². The predicted octanol–water partition coefficient (Wildman–Crippen LogP) is 0.434. The van der Waals surface area contributed by atoms with Gasteiger partial charge in [0.05, 0.1) is 23.4 Å². The molecule has 3 unspecified atom stereocenters. The summed E-state index contributed by atoms with van der Waals surface area (Å²) in [6, 6.07) is 11.3. The van der Waals surface area contributed by atoms with Crippen LogP contribution in [-0.2, 0) is 25.2 Å². The number of fused-ring (bicyclic) bond motifs is 2. The van der Waals surface area contributed by atoms with E-state index in [1.807, 2.05) is 6.92 Å². The number of β-lactam (4-membered cyclic amide) rings is 1. The quantitative estimate of drug-likeness (QED) is 0.133. The lowest BCUT2D eigenvalue weighted by molar-refractivity contribution is -0.233. The molecule has 16 heteroatoms. The first-order chi connectivity index (χ1) is 20.4. The Hall–Kier alpha value is -4.18.